The first-order valence-electron chi connectivity index (χ1n) is 6.60. The van der Waals surface area contributed by atoms with Gasteiger partial charge in [0.2, 0.25) is 0 Å². The molecule has 1 N–H and O–H groups in total. The molecule has 23 heavy (non-hydrogen) atoms. The Balaban J connectivity index is 2.06. The van der Waals surface area contributed by atoms with Gasteiger partial charge in [-0.3, -0.25) is 4.79 Å². The van der Waals surface area contributed by atoms with Crippen molar-refractivity contribution < 1.29 is 18.7 Å². The van der Waals surface area contributed by atoms with Crippen molar-refractivity contribution in [3.05, 3.63) is 63.9 Å². The third-order valence-corrected chi connectivity index (χ3v) is 3.58. The van der Waals surface area contributed by atoms with E-state index in [2.05, 4.69) is 5.32 Å². The molecule has 0 aliphatic rings. The summed E-state index contributed by atoms with van der Waals surface area (Å²) in [4.78, 5) is 24.1. The Kier molecular flexibility index (Phi) is 5.58. The van der Waals surface area contributed by atoms with Crippen LogP contribution in [0.2, 0.25) is 10.0 Å². The fraction of sp³-hybridized carbons (Fsp3) is 0.125. The van der Waals surface area contributed by atoms with Gasteiger partial charge < -0.3 is 10.1 Å². The Morgan fingerprint density at radius 1 is 1.09 bits per heavy atom. The van der Waals surface area contributed by atoms with Crippen LogP contribution in [0.4, 0.5) is 10.1 Å². The highest BCUT2D eigenvalue weighted by molar-refractivity contribution is 6.39. The minimum atomic E-state index is -1.16. The second-order valence-electron chi connectivity index (χ2n) is 4.61. The minimum absolute atomic E-state index is 0.00354. The van der Waals surface area contributed by atoms with Crippen LogP contribution in [0.5, 0.6) is 0 Å². The number of carbonyl (C=O) groups is 2. The number of halogens is 3. The van der Waals surface area contributed by atoms with E-state index in [0.29, 0.717) is 0 Å². The van der Waals surface area contributed by atoms with Crippen LogP contribution in [0, 0.1) is 5.82 Å². The Hall–Kier alpha value is -2.11. The largest absolute Gasteiger partial charge is 0.449 e. The summed E-state index contributed by atoms with van der Waals surface area (Å²) in [6.07, 6.45) is -1.16. The highest BCUT2D eigenvalue weighted by Gasteiger charge is 2.23. The van der Waals surface area contributed by atoms with Crippen LogP contribution < -0.4 is 5.32 Å². The molecule has 0 heterocycles. The van der Waals surface area contributed by atoms with E-state index in [4.69, 9.17) is 27.9 Å². The van der Waals surface area contributed by atoms with Crippen LogP contribution in [-0.2, 0) is 9.53 Å². The predicted octanol–water partition coefficient (Wildman–Crippen LogP) is 4.32. The Morgan fingerprint density at radius 3 is 2.30 bits per heavy atom. The first-order valence-corrected chi connectivity index (χ1v) is 7.36. The molecule has 2 aromatic rings. The average Bonchev–Trinajstić information content (AvgIpc) is 2.49. The second-order valence-corrected chi connectivity index (χ2v) is 5.43. The fourth-order valence-corrected chi connectivity index (χ4v) is 2.31. The van der Waals surface area contributed by atoms with Crippen molar-refractivity contribution in [1.29, 1.82) is 0 Å². The van der Waals surface area contributed by atoms with E-state index in [9.17, 15) is 14.0 Å². The van der Waals surface area contributed by atoms with Crippen LogP contribution in [0.15, 0.2) is 42.5 Å². The molecule has 0 saturated heterocycles. The summed E-state index contributed by atoms with van der Waals surface area (Å²) in [5.74, 6) is -2.10. The Labute approximate surface area is 142 Å². The fourth-order valence-electron chi connectivity index (χ4n) is 1.76. The van der Waals surface area contributed by atoms with Crippen LogP contribution in [-0.4, -0.2) is 18.0 Å². The lowest BCUT2D eigenvalue weighted by molar-refractivity contribution is -0.123. The summed E-state index contributed by atoms with van der Waals surface area (Å²) >= 11 is 11.8. The molecule has 1 atom stereocenters. The van der Waals surface area contributed by atoms with E-state index in [-0.39, 0.29) is 21.3 Å². The normalized spacial score (nSPS) is 11.7. The van der Waals surface area contributed by atoms with Gasteiger partial charge in [-0.2, -0.15) is 0 Å². The zero-order valence-electron chi connectivity index (χ0n) is 12.0. The molecule has 0 unspecified atom stereocenters. The Bertz CT molecular complexity index is 732. The number of carbonyl (C=O) groups excluding carboxylic acids is 2. The van der Waals surface area contributed by atoms with Gasteiger partial charge in [0, 0.05) is 0 Å². The number of amides is 1. The van der Waals surface area contributed by atoms with Crippen molar-refractivity contribution in [2.75, 3.05) is 5.32 Å². The lowest BCUT2D eigenvalue weighted by Crippen LogP contribution is -2.30. The van der Waals surface area contributed by atoms with Crippen LogP contribution in [0.25, 0.3) is 0 Å². The standard InChI is InChI=1S/C16H12Cl2FNO3/c1-9(15(21)20-13-8-3-2-7-12(13)19)23-16(22)14-10(17)5-4-6-11(14)18/h2-9H,1H3,(H,20,21)/t9-/m1/s1. The number of nitrogens with one attached hydrogen (secondary N) is 1. The molecule has 4 nitrogen and oxygen atoms in total. The first-order chi connectivity index (χ1) is 10.9. The average molecular weight is 356 g/mol. The molecule has 0 aliphatic carbocycles. The third kappa shape index (κ3) is 4.21. The van der Waals surface area contributed by atoms with Gasteiger partial charge in [-0.05, 0) is 31.2 Å². The maximum absolute atomic E-state index is 13.5. The van der Waals surface area contributed by atoms with Crippen LogP contribution in [0.1, 0.15) is 17.3 Å². The molecule has 7 heteroatoms. The van der Waals surface area contributed by atoms with Crippen LogP contribution >= 0.6 is 23.2 Å². The van der Waals surface area contributed by atoms with Crippen molar-refractivity contribution in [1.82, 2.24) is 0 Å². The SMILES string of the molecule is C[C@@H](OC(=O)c1c(Cl)cccc1Cl)C(=O)Nc1ccccc1F. The van der Waals surface area contributed by atoms with Gasteiger partial charge in [0.1, 0.15) is 5.82 Å². The lowest BCUT2D eigenvalue weighted by atomic mass is 10.2. The van der Waals surface area contributed by atoms with Crippen molar-refractivity contribution in [3.8, 4) is 0 Å². The highest BCUT2D eigenvalue weighted by atomic mass is 35.5. The summed E-state index contributed by atoms with van der Waals surface area (Å²) < 4.78 is 18.5. The summed E-state index contributed by atoms with van der Waals surface area (Å²) in [6.45, 7) is 1.36. The molecule has 0 fully saturated rings. The van der Waals surface area contributed by atoms with Gasteiger partial charge >= 0.3 is 5.97 Å². The van der Waals surface area contributed by atoms with Gasteiger partial charge in [-0.25, -0.2) is 9.18 Å². The molecule has 2 rings (SSSR count). The maximum Gasteiger partial charge on any atom is 0.341 e. The molecule has 0 saturated carbocycles. The lowest BCUT2D eigenvalue weighted by Gasteiger charge is -2.15. The number of esters is 1. The molecule has 1 amide bonds. The second kappa shape index (κ2) is 7.44. The van der Waals surface area contributed by atoms with Gasteiger partial charge in [0.15, 0.2) is 6.10 Å². The highest BCUT2D eigenvalue weighted by Crippen LogP contribution is 2.25. The molecule has 120 valence electrons. The zero-order chi connectivity index (χ0) is 17.0. The van der Waals surface area contributed by atoms with Gasteiger partial charge in [0.25, 0.3) is 5.91 Å². The number of para-hydroxylation sites is 1. The number of hydrogen-bond donors (Lipinski definition) is 1. The molecule has 0 aliphatic heterocycles. The summed E-state index contributed by atoms with van der Waals surface area (Å²) in [7, 11) is 0. The summed E-state index contributed by atoms with van der Waals surface area (Å²) in [6, 6.07) is 10.2. The van der Waals surface area contributed by atoms with E-state index in [1.54, 1.807) is 12.1 Å². The number of hydrogen-bond acceptors (Lipinski definition) is 3. The van der Waals surface area contributed by atoms with Crippen LogP contribution in [0.3, 0.4) is 0 Å². The predicted molar refractivity (Wildman–Crippen MR) is 86.4 cm³/mol. The molecule has 0 radical (unpaired) electrons. The van der Waals surface area contributed by atoms with Gasteiger partial charge in [-0.1, -0.05) is 41.4 Å². The summed E-state index contributed by atoms with van der Waals surface area (Å²) in [5, 5.41) is 2.57. The zero-order valence-corrected chi connectivity index (χ0v) is 13.5. The van der Waals surface area contributed by atoms with E-state index >= 15 is 0 Å². The quantitative estimate of drug-likeness (QED) is 0.831. The minimum Gasteiger partial charge on any atom is -0.449 e. The maximum atomic E-state index is 13.5. The monoisotopic (exact) mass is 355 g/mol. The topological polar surface area (TPSA) is 55.4 Å². The molecule has 0 bridgehead atoms. The van der Waals surface area contributed by atoms with Gasteiger partial charge in [0.05, 0.1) is 21.3 Å². The molecule has 0 spiro atoms. The van der Waals surface area contributed by atoms with Crippen molar-refractivity contribution in [2.24, 2.45) is 0 Å². The van der Waals surface area contributed by atoms with Crippen molar-refractivity contribution >= 4 is 40.8 Å². The van der Waals surface area contributed by atoms with Gasteiger partial charge in [-0.15, -0.1) is 0 Å². The summed E-state index contributed by atoms with van der Waals surface area (Å²) in [5.41, 5.74) is -0.0300. The first kappa shape index (κ1) is 17.2. The van der Waals surface area contributed by atoms with Crippen molar-refractivity contribution in [3.63, 3.8) is 0 Å². The number of anilines is 1. The smallest absolute Gasteiger partial charge is 0.341 e. The molecular weight excluding hydrogens is 344 g/mol. The Morgan fingerprint density at radius 2 is 1.70 bits per heavy atom. The van der Waals surface area contributed by atoms with Crippen molar-refractivity contribution in [2.45, 2.75) is 13.0 Å². The van der Waals surface area contributed by atoms with E-state index in [0.717, 1.165) is 0 Å². The van der Waals surface area contributed by atoms with E-state index < -0.39 is 23.8 Å². The third-order valence-electron chi connectivity index (χ3n) is 2.95. The van der Waals surface area contributed by atoms with E-state index in [1.807, 2.05) is 0 Å². The molecule has 0 aromatic heterocycles. The number of ether oxygens (including phenoxy) is 1. The number of benzene rings is 2. The number of rotatable bonds is 4. The van der Waals surface area contributed by atoms with E-state index in [1.165, 1.54) is 37.3 Å². The molecule has 2 aromatic carbocycles. The molecular formula is C16H12Cl2FNO3.